The number of esters is 1. The SMILES string of the molecule is CCOC(=O)/C=C/c1ccccc1C(C)(C)C(=O)O. The first-order chi connectivity index (χ1) is 8.89. The molecule has 0 aliphatic heterocycles. The van der Waals surface area contributed by atoms with Crippen molar-refractivity contribution >= 4 is 18.0 Å². The summed E-state index contributed by atoms with van der Waals surface area (Å²) in [5, 5.41) is 9.27. The van der Waals surface area contributed by atoms with Crippen molar-refractivity contribution in [2.75, 3.05) is 6.61 Å². The summed E-state index contributed by atoms with van der Waals surface area (Å²) in [5.41, 5.74) is 0.335. The van der Waals surface area contributed by atoms with Gasteiger partial charge in [-0.15, -0.1) is 0 Å². The lowest BCUT2D eigenvalue weighted by Crippen LogP contribution is -2.29. The minimum absolute atomic E-state index is 0.311. The van der Waals surface area contributed by atoms with Crippen LogP contribution in [0.15, 0.2) is 30.3 Å². The summed E-state index contributed by atoms with van der Waals surface area (Å²) in [6.07, 6.45) is 2.89. The van der Waals surface area contributed by atoms with E-state index in [0.717, 1.165) is 0 Å². The first-order valence-corrected chi connectivity index (χ1v) is 6.07. The number of benzene rings is 1. The Morgan fingerprint density at radius 2 is 1.95 bits per heavy atom. The Bertz CT molecular complexity index is 501. The van der Waals surface area contributed by atoms with Gasteiger partial charge in [0, 0.05) is 6.08 Å². The lowest BCUT2D eigenvalue weighted by Gasteiger charge is -2.21. The molecule has 0 saturated heterocycles. The third-order valence-electron chi connectivity index (χ3n) is 2.85. The van der Waals surface area contributed by atoms with E-state index in [9.17, 15) is 14.7 Å². The highest BCUT2D eigenvalue weighted by Gasteiger charge is 2.30. The third-order valence-corrected chi connectivity index (χ3v) is 2.85. The van der Waals surface area contributed by atoms with E-state index < -0.39 is 17.4 Å². The molecule has 0 fully saturated rings. The van der Waals surface area contributed by atoms with E-state index in [1.54, 1.807) is 51.1 Å². The average molecular weight is 262 g/mol. The van der Waals surface area contributed by atoms with E-state index >= 15 is 0 Å². The van der Waals surface area contributed by atoms with E-state index in [-0.39, 0.29) is 0 Å². The summed E-state index contributed by atoms with van der Waals surface area (Å²) in [5.74, 6) is -1.35. The third kappa shape index (κ3) is 3.68. The Labute approximate surface area is 112 Å². The van der Waals surface area contributed by atoms with Crippen LogP contribution in [0.1, 0.15) is 31.9 Å². The molecule has 0 amide bonds. The molecule has 1 aromatic rings. The van der Waals surface area contributed by atoms with Gasteiger partial charge in [0.25, 0.3) is 0 Å². The van der Waals surface area contributed by atoms with Crippen molar-refractivity contribution in [1.82, 2.24) is 0 Å². The highest BCUT2D eigenvalue weighted by molar-refractivity contribution is 5.88. The van der Waals surface area contributed by atoms with Crippen LogP contribution in [0.25, 0.3) is 6.08 Å². The van der Waals surface area contributed by atoms with Crippen LogP contribution in [0.4, 0.5) is 0 Å². The normalized spacial score (nSPS) is 11.5. The number of carbonyl (C=O) groups is 2. The molecule has 0 aliphatic carbocycles. The van der Waals surface area contributed by atoms with Crippen molar-refractivity contribution in [1.29, 1.82) is 0 Å². The molecule has 4 nitrogen and oxygen atoms in total. The summed E-state index contributed by atoms with van der Waals surface area (Å²) in [4.78, 5) is 22.6. The number of ether oxygens (including phenoxy) is 1. The summed E-state index contributed by atoms with van der Waals surface area (Å²) in [6, 6.07) is 7.10. The predicted molar refractivity (Wildman–Crippen MR) is 72.8 cm³/mol. The van der Waals surface area contributed by atoms with Crippen LogP contribution in [0.3, 0.4) is 0 Å². The van der Waals surface area contributed by atoms with Crippen molar-refractivity contribution in [3.63, 3.8) is 0 Å². The molecule has 0 radical (unpaired) electrons. The second-order valence-corrected chi connectivity index (χ2v) is 4.60. The molecular formula is C15H18O4. The number of rotatable bonds is 5. The smallest absolute Gasteiger partial charge is 0.330 e. The minimum atomic E-state index is -1.02. The quantitative estimate of drug-likeness (QED) is 0.654. The molecule has 1 rings (SSSR count). The fraction of sp³-hybridized carbons (Fsp3) is 0.333. The fourth-order valence-electron chi connectivity index (χ4n) is 1.67. The van der Waals surface area contributed by atoms with E-state index in [4.69, 9.17) is 4.74 Å². The van der Waals surface area contributed by atoms with Crippen LogP contribution in [-0.2, 0) is 19.7 Å². The van der Waals surface area contributed by atoms with Crippen molar-refractivity contribution < 1.29 is 19.4 Å². The maximum atomic E-state index is 11.3. The number of carboxylic acid groups (broad SMARTS) is 1. The van der Waals surface area contributed by atoms with Crippen LogP contribution >= 0.6 is 0 Å². The number of aliphatic carboxylic acids is 1. The van der Waals surface area contributed by atoms with Crippen LogP contribution < -0.4 is 0 Å². The van der Waals surface area contributed by atoms with Crippen molar-refractivity contribution in [3.8, 4) is 0 Å². The molecule has 0 unspecified atom stereocenters. The highest BCUT2D eigenvalue weighted by atomic mass is 16.5. The molecular weight excluding hydrogens is 244 g/mol. The number of carbonyl (C=O) groups excluding carboxylic acids is 1. The van der Waals surface area contributed by atoms with E-state index in [1.807, 2.05) is 0 Å². The zero-order valence-electron chi connectivity index (χ0n) is 11.3. The van der Waals surface area contributed by atoms with Gasteiger partial charge in [-0.3, -0.25) is 4.79 Å². The second-order valence-electron chi connectivity index (χ2n) is 4.60. The summed E-state index contributed by atoms with van der Waals surface area (Å²) in [6.45, 7) is 5.30. The van der Waals surface area contributed by atoms with Crippen LogP contribution in [0.2, 0.25) is 0 Å². The maximum absolute atomic E-state index is 11.3. The first-order valence-electron chi connectivity index (χ1n) is 6.07. The van der Waals surface area contributed by atoms with Crippen LogP contribution in [0.5, 0.6) is 0 Å². The van der Waals surface area contributed by atoms with Gasteiger partial charge in [-0.25, -0.2) is 4.79 Å². The molecule has 0 spiro atoms. The lowest BCUT2D eigenvalue weighted by molar-refractivity contribution is -0.142. The Kier molecular flexibility index (Phi) is 4.87. The largest absolute Gasteiger partial charge is 0.481 e. The minimum Gasteiger partial charge on any atom is -0.481 e. The molecule has 0 heterocycles. The molecule has 1 N–H and O–H groups in total. The second kappa shape index (κ2) is 6.18. The lowest BCUT2D eigenvalue weighted by atomic mass is 9.82. The van der Waals surface area contributed by atoms with E-state index in [0.29, 0.717) is 17.7 Å². The summed E-state index contributed by atoms with van der Waals surface area (Å²) in [7, 11) is 0. The van der Waals surface area contributed by atoms with Gasteiger partial charge in [-0.1, -0.05) is 24.3 Å². The van der Waals surface area contributed by atoms with Crippen molar-refractivity contribution in [2.24, 2.45) is 0 Å². The number of hydrogen-bond donors (Lipinski definition) is 1. The monoisotopic (exact) mass is 262 g/mol. The van der Waals surface area contributed by atoms with Gasteiger partial charge in [-0.05, 0) is 38.0 Å². The Hall–Kier alpha value is -2.10. The Balaban J connectivity index is 3.10. The predicted octanol–water partition coefficient (Wildman–Crippen LogP) is 2.63. The zero-order chi connectivity index (χ0) is 14.5. The maximum Gasteiger partial charge on any atom is 0.330 e. The molecule has 102 valence electrons. The van der Waals surface area contributed by atoms with Crippen molar-refractivity contribution in [3.05, 3.63) is 41.5 Å². The average Bonchev–Trinajstić information content (AvgIpc) is 2.37. The van der Waals surface area contributed by atoms with Crippen LogP contribution in [-0.4, -0.2) is 23.7 Å². The van der Waals surface area contributed by atoms with Gasteiger partial charge in [0.05, 0.1) is 12.0 Å². The fourth-order valence-corrected chi connectivity index (χ4v) is 1.67. The first kappa shape index (κ1) is 15.0. The molecule has 0 atom stereocenters. The van der Waals surface area contributed by atoms with Gasteiger partial charge in [0.2, 0.25) is 0 Å². The molecule has 0 aromatic heterocycles. The Morgan fingerprint density at radius 3 is 2.53 bits per heavy atom. The van der Waals surface area contributed by atoms with Crippen molar-refractivity contribution in [2.45, 2.75) is 26.2 Å². The Morgan fingerprint density at radius 1 is 1.32 bits per heavy atom. The van der Waals surface area contributed by atoms with Gasteiger partial charge in [-0.2, -0.15) is 0 Å². The standard InChI is InChI=1S/C15H18O4/c1-4-19-13(16)10-9-11-7-5-6-8-12(11)15(2,3)14(17)18/h5-10H,4H2,1-3H3,(H,17,18)/b10-9+. The molecule has 4 heteroatoms. The summed E-state index contributed by atoms with van der Waals surface area (Å²) >= 11 is 0. The zero-order valence-corrected chi connectivity index (χ0v) is 11.3. The summed E-state index contributed by atoms with van der Waals surface area (Å²) < 4.78 is 4.79. The van der Waals surface area contributed by atoms with Gasteiger partial charge in [0.1, 0.15) is 0 Å². The molecule has 0 bridgehead atoms. The highest BCUT2D eigenvalue weighted by Crippen LogP contribution is 2.27. The molecule has 19 heavy (non-hydrogen) atoms. The number of hydrogen-bond acceptors (Lipinski definition) is 3. The van der Waals surface area contributed by atoms with E-state index in [1.165, 1.54) is 6.08 Å². The van der Waals surface area contributed by atoms with E-state index in [2.05, 4.69) is 0 Å². The van der Waals surface area contributed by atoms with Gasteiger partial charge in [0.15, 0.2) is 0 Å². The number of carboxylic acids is 1. The van der Waals surface area contributed by atoms with Crippen LogP contribution in [0, 0.1) is 0 Å². The topological polar surface area (TPSA) is 63.6 Å². The molecule has 1 aromatic carbocycles. The molecule has 0 saturated carbocycles. The van der Waals surface area contributed by atoms with Gasteiger partial charge >= 0.3 is 11.9 Å². The molecule has 0 aliphatic rings. The van der Waals surface area contributed by atoms with Gasteiger partial charge < -0.3 is 9.84 Å².